The lowest BCUT2D eigenvalue weighted by Gasteiger charge is -2.34. The first-order valence-electron chi connectivity index (χ1n) is 6.80. The molecule has 102 valence electrons. The first-order chi connectivity index (χ1) is 9.24. The Morgan fingerprint density at radius 1 is 1.16 bits per heavy atom. The van der Waals surface area contributed by atoms with Crippen LogP contribution in [0, 0.1) is 13.8 Å². The van der Waals surface area contributed by atoms with Crippen LogP contribution in [0.25, 0.3) is 0 Å². The molecule has 3 heterocycles. The van der Waals surface area contributed by atoms with Gasteiger partial charge in [0.05, 0.1) is 6.04 Å². The summed E-state index contributed by atoms with van der Waals surface area (Å²) in [5, 5.41) is 5.72. The molecule has 0 aliphatic carbocycles. The van der Waals surface area contributed by atoms with Crippen molar-refractivity contribution in [1.82, 2.24) is 10.2 Å². The van der Waals surface area contributed by atoms with Crippen molar-refractivity contribution >= 4 is 22.7 Å². The van der Waals surface area contributed by atoms with Crippen molar-refractivity contribution < 1.29 is 0 Å². The minimum Gasteiger partial charge on any atom is -0.314 e. The third kappa shape index (κ3) is 2.92. The first kappa shape index (κ1) is 13.3. The second-order valence-corrected chi connectivity index (χ2v) is 7.43. The van der Waals surface area contributed by atoms with Gasteiger partial charge in [0.1, 0.15) is 0 Å². The number of nitrogens with one attached hydrogen (secondary N) is 1. The van der Waals surface area contributed by atoms with E-state index in [-0.39, 0.29) is 0 Å². The largest absolute Gasteiger partial charge is 0.314 e. The number of rotatable bonds is 3. The molecular formula is C15H20N2S2. The van der Waals surface area contributed by atoms with Crippen LogP contribution in [-0.4, -0.2) is 31.1 Å². The van der Waals surface area contributed by atoms with Gasteiger partial charge in [-0.1, -0.05) is 0 Å². The molecule has 1 fully saturated rings. The Balaban J connectivity index is 1.94. The van der Waals surface area contributed by atoms with Crippen molar-refractivity contribution in [3.63, 3.8) is 0 Å². The van der Waals surface area contributed by atoms with Crippen LogP contribution in [0.15, 0.2) is 23.6 Å². The Bertz CT molecular complexity index is 498. The molecule has 1 N–H and O–H groups in total. The average molecular weight is 292 g/mol. The number of aryl methyl sites for hydroxylation is 2. The van der Waals surface area contributed by atoms with E-state index in [1.807, 2.05) is 22.7 Å². The van der Waals surface area contributed by atoms with E-state index in [9.17, 15) is 0 Å². The predicted octanol–water partition coefficient (Wildman–Crippen LogP) is 3.42. The molecule has 2 aromatic heterocycles. The van der Waals surface area contributed by atoms with Crippen LogP contribution in [0.4, 0.5) is 0 Å². The maximum Gasteiger partial charge on any atom is 0.0790 e. The second kappa shape index (κ2) is 5.75. The van der Waals surface area contributed by atoms with Crippen molar-refractivity contribution in [2.45, 2.75) is 19.9 Å². The van der Waals surface area contributed by atoms with E-state index in [1.54, 1.807) is 0 Å². The van der Waals surface area contributed by atoms with Crippen molar-refractivity contribution in [3.8, 4) is 0 Å². The van der Waals surface area contributed by atoms with Crippen molar-refractivity contribution in [3.05, 3.63) is 43.8 Å². The van der Waals surface area contributed by atoms with Gasteiger partial charge in [-0.2, -0.15) is 0 Å². The van der Waals surface area contributed by atoms with E-state index in [2.05, 4.69) is 47.6 Å². The second-order valence-electron chi connectivity index (χ2n) is 5.16. The predicted molar refractivity (Wildman–Crippen MR) is 84.4 cm³/mol. The molecule has 0 bridgehead atoms. The zero-order valence-electron chi connectivity index (χ0n) is 11.5. The molecule has 4 heteroatoms. The fourth-order valence-corrected chi connectivity index (χ4v) is 4.79. The minimum atomic E-state index is 0.458. The molecule has 1 aliphatic rings. The SMILES string of the molecule is Cc1csc(C(c2ccc(C)s2)N2CCNCC2)c1. The zero-order valence-corrected chi connectivity index (χ0v) is 13.1. The van der Waals surface area contributed by atoms with Gasteiger partial charge in [-0.05, 0) is 43.0 Å². The van der Waals surface area contributed by atoms with Gasteiger partial charge >= 0.3 is 0 Å². The fraction of sp³-hybridized carbons (Fsp3) is 0.467. The molecule has 0 aromatic carbocycles. The van der Waals surface area contributed by atoms with E-state index >= 15 is 0 Å². The van der Waals surface area contributed by atoms with E-state index in [1.165, 1.54) is 20.2 Å². The van der Waals surface area contributed by atoms with Crippen LogP contribution >= 0.6 is 22.7 Å². The summed E-state index contributed by atoms with van der Waals surface area (Å²) >= 11 is 3.84. The molecule has 0 saturated carbocycles. The summed E-state index contributed by atoms with van der Waals surface area (Å²) in [5.74, 6) is 0. The molecule has 1 atom stereocenters. The molecule has 3 rings (SSSR count). The van der Waals surface area contributed by atoms with Crippen LogP contribution < -0.4 is 5.32 Å². The number of nitrogens with zero attached hydrogens (tertiary/aromatic N) is 1. The van der Waals surface area contributed by atoms with Gasteiger partial charge in [-0.15, -0.1) is 22.7 Å². The van der Waals surface area contributed by atoms with Crippen LogP contribution in [0.2, 0.25) is 0 Å². The Morgan fingerprint density at radius 3 is 2.53 bits per heavy atom. The topological polar surface area (TPSA) is 15.3 Å². The molecule has 19 heavy (non-hydrogen) atoms. The normalized spacial score (nSPS) is 18.6. The number of hydrogen-bond acceptors (Lipinski definition) is 4. The van der Waals surface area contributed by atoms with Gasteiger partial charge in [0, 0.05) is 40.8 Å². The van der Waals surface area contributed by atoms with E-state index in [0.29, 0.717) is 6.04 Å². The quantitative estimate of drug-likeness (QED) is 0.932. The Morgan fingerprint density at radius 2 is 1.95 bits per heavy atom. The molecule has 0 radical (unpaired) electrons. The molecule has 1 saturated heterocycles. The zero-order chi connectivity index (χ0) is 13.2. The summed E-state index contributed by atoms with van der Waals surface area (Å²) in [7, 11) is 0. The highest BCUT2D eigenvalue weighted by molar-refractivity contribution is 7.13. The molecule has 0 spiro atoms. The lowest BCUT2D eigenvalue weighted by molar-refractivity contribution is 0.203. The maximum atomic E-state index is 3.45. The maximum absolute atomic E-state index is 3.45. The lowest BCUT2D eigenvalue weighted by Crippen LogP contribution is -2.45. The van der Waals surface area contributed by atoms with Gasteiger partial charge in [-0.25, -0.2) is 0 Å². The van der Waals surface area contributed by atoms with E-state index in [4.69, 9.17) is 0 Å². The number of thiophene rings is 2. The molecule has 2 nitrogen and oxygen atoms in total. The Kier molecular flexibility index (Phi) is 4.03. The molecule has 2 aromatic rings. The smallest absolute Gasteiger partial charge is 0.0790 e. The van der Waals surface area contributed by atoms with Gasteiger partial charge in [0.25, 0.3) is 0 Å². The standard InChI is InChI=1S/C15H20N2S2/c1-11-9-14(18-10-11)15(13-4-3-12(2)19-13)17-7-5-16-6-8-17/h3-4,9-10,15-16H,5-8H2,1-2H3. The third-order valence-electron chi connectivity index (χ3n) is 3.57. The number of piperazine rings is 1. The first-order valence-corrected chi connectivity index (χ1v) is 8.50. The summed E-state index contributed by atoms with van der Waals surface area (Å²) in [4.78, 5) is 7.00. The van der Waals surface area contributed by atoms with Crippen molar-refractivity contribution in [2.24, 2.45) is 0 Å². The Labute approximate surface area is 123 Å². The third-order valence-corrected chi connectivity index (χ3v) is 5.72. The molecular weight excluding hydrogens is 272 g/mol. The average Bonchev–Trinajstić information content (AvgIpc) is 3.01. The van der Waals surface area contributed by atoms with E-state index < -0.39 is 0 Å². The number of hydrogen-bond donors (Lipinski definition) is 1. The highest BCUT2D eigenvalue weighted by Gasteiger charge is 2.26. The fourth-order valence-electron chi connectivity index (χ4n) is 2.64. The van der Waals surface area contributed by atoms with Crippen LogP contribution in [-0.2, 0) is 0 Å². The van der Waals surface area contributed by atoms with Gasteiger partial charge in [-0.3, -0.25) is 4.90 Å². The minimum absolute atomic E-state index is 0.458. The summed E-state index contributed by atoms with van der Waals surface area (Å²) < 4.78 is 0. The van der Waals surface area contributed by atoms with Crippen LogP contribution in [0.1, 0.15) is 26.2 Å². The van der Waals surface area contributed by atoms with Gasteiger partial charge < -0.3 is 5.32 Å². The molecule has 1 aliphatic heterocycles. The summed E-state index contributed by atoms with van der Waals surface area (Å²) in [6, 6.07) is 7.36. The highest BCUT2D eigenvalue weighted by Crippen LogP contribution is 2.36. The lowest BCUT2D eigenvalue weighted by atomic mass is 10.1. The van der Waals surface area contributed by atoms with Crippen LogP contribution in [0.3, 0.4) is 0 Å². The monoisotopic (exact) mass is 292 g/mol. The Hall–Kier alpha value is -0.680. The van der Waals surface area contributed by atoms with Crippen LogP contribution in [0.5, 0.6) is 0 Å². The van der Waals surface area contributed by atoms with E-state index in [0.717, 1.165) is 26.2 Å². The molecule has 0 amide bonds. The summed E-state index contributed by atoms with van der Waals surface area (Å²) in [6.45, 7) is 8.87. The van der Waals surface area contributed by atoms with Crippen molar-refractivity contribution in [2.75, 3.05) is 26.2 Å². The highest BCUT2D eigenvalue weighted by atomic mass is 32.1. The summed E-state index contributed by atoms with van der Waals surface area (Å²) in [6.07, 6.45) is 0. The van der Waals surface area contributed by atoms with Gasteiger partial charge in [0.15, 0.2) is 0 Å². The van der Waals surface area contributed by atoms with Gasteiger partial charge in [0.2, 0.25) is 0 Å². The molecule has 1 unspecified atom stereocenters. The van der Waals surface area contributed by atoms with Crippen molar-refractivity contribution in [1.29, 1.82) is 0 Å². The summed E-state index contributed by atoms with van der Waals surface area (Å²) in [5.41, 5.74) is 1.38.